The number of H-pyrrole nitrogens is 1. The van der Waals surface area contributed by atoms with Crippen molar-refractivity contribution >= 4 is 30.8 Å². The van der Waals surface area contributed by atoms with Gasteiger partial charge in [0.1, 0.15) is 24.0 Å². The number of nitrogens with zero attached hydrogens (tertiary/aromatic N) is 3. The number of rotatable bonds is 12. The molecule has 16 heteroatoms. The van der Waals surface area contributed by atoms with Gasteiger partial charge in [0.2, 0.25) is 5.95 Å². The van der Waals surface area contributed by atoms with E-state index < -0.39 is 49.5 Å². The predicted octanol–water partition coefficient (Wildman–Crippen LogP) is 2.50. The number of esters is 1. The number of nitrogen functional groups attached to an aromatic ring is 1. The lowest BCUT2D eigenvalue weighted by molar-refractivity contribution is -0.162. The number of ether oxygens (including phenoxy) is 4. The van der Waals surface area contributed by atoms with E-state index in [1.165, 1.54) is 24.9 Å². The fraction of sp³-hybridized carbons (Fsp3) is 0.520. The van der Waals surface area contributed by atoms with Gasteiger partial charge in [-0.3, -0.25) is 23.7 Å². The summed E-state index contributed by atoms with van der Waals surface area (Å²) < 4.78 is 50.2. The molecule has 0 spiro atoms. The summed E-state index contributed by atoms with van der Waals surface area (Å²) in [7, 11) is -2.76. The highest BCUT2D eigenvalue weighted by molar-refractivity contribution is 7.52. The molecule has 3 heterocycles. The van der Waals surface area contributed by atoms with Gasteiger partial charge in [-0.1, -0.05) is 18.2 Å². The summed E-state index contributed by atoms with van der Waals surface area (Å²) in [6.45, 7) is 7.98. The zero-order valence-electron chi connectivity index (χ0n) is 23.6. The van der Waals surface area contributed by atoms with Gasteiger partial charge in [0.25, 0.3) is 5.56 Å². The topological polar surface area (TPSA) is 191 Å². The predicted molar refractivity (Wildman–Crippen MR) is 147 cm³/mol. The lowest BCUT2D eigenvalue weighted by atomic mass is 10.2. The van der Waals surface area contributed by atoms with Crippen LogP contribution in [0, 0.1) is 0 Å². The Balaban J connectivity index is 1.60. The number of hydrogen-bond donors (Lipinski definition) is 3. The number of imidazole rings is 1. The number of benzene rings is 1. The van der Waals surface area contributed by atoms with Crippen LogP contribution in [-0.2, 0) is 32.8 Å². The summed E-state index contributed by atoms with van der Waals surface area (Å²) in [5.74, 6) is -1.57. The van der Waals surface area contributed by atoms with Crippen molar-refractivity contribution < 1.29 is 37.4 Å². The molecule has 3 unspecified atom stereocenters. The third-order valence-corrected chi connectivity index (χ3v) is 7.58. The SMILES string of the molecule is CO[C@H](COP(=O)(N[C@@H](C)C(=O)OC(C)C)Oc1ccccc1)C1OC(C)(C)OC1n1cnc2c(=O)[nH]c(N)nc21. The molecule has 1 fully saturated rings. The van der Waals surface area contributed by atoms with Crippen LogP contribution in [0.25, 0.3) is 11.2 Å². The molecule has 4 N–H and O–H groups in total. The Morgan fingerprint density at radius 2 is 1.95 bits per heavy atom. The van der Waals surface area contributed by atoms with Gasteiger partial charge in [-0.25, -0.2) is 9.55 Å². The highest BCUT2D eigenvalue weighted by Gasteiger charge is 2.48. The molecule has 224 valence electrons. The molecular weight excluding hydrogens is 559 g/mol. The molecule has 0 radical (unpaired) electrons. The fourth-order valence-electron chi connectivity index (χ4n) is 4.18. The van der Waals surface area contributed by atoms with E-state index in [-0.39, 0.29) is 35.6 Å². The first-order chi connectivity index (χ1) is 19.3. The Labute approximate surface area is 236 Å². The smallest absolute Gasteiger partial charge is 0.459 e. The number of aromatic amines is 1. The van der Waals surface area contributed by atoms with E-state index in [1.54, 1.807) is 58.0 Å². The van der Waals surface area contributed by atoms with Crippen LogP contribution in [0.2, 0.25) is 0 Å². The van der Waals surface area contributed by atoms with Crippen molar-refractivity contribution in [3.05, 3.63) is 47.0 Å². The third kappa shape index (κ3) is 7.31. The molecule has 4 rings (SSSR count). The number of nitrogens with two attached hydrogens (primary N) is 1. The Morgan fingerprint density at radius 3 is 2.61 bits per heavy atom. The standard InChI is InChI=1S/C25H35N6O9P/c1-14(2)37-23(33)15(3)30-41(34,40-16-10-8-7-9-11-16)36-12-17(35-6)19-22(39-25(4,5)38-19)31-13-27-18-20(31)28-24(26)29-21(18)32/h7-11,13-15,17,19,22H,12H2,1-6H3,(H,30,34)(H3,26,28,29,32)/t15-,17+,19?,22?,41?/m0/s1. The molecule has 0 bridgehead atoms. The summed E-state index contributed by atoms with van der Waals surface area (Å²) in [6.07, 6.45) is -1.62. The number of fused-ring (bicyclic) bond motifs is 1. The van der Waals surface area contributed by atoms with Crippen molar-refractivity contribution in [1.82, 2.24) is 24.6 Å². The van der Waals surface area contributed by atoms with Gasteiger partial charge in [-0.05, 0) is 46.8 Å². The van der Waals surface area contributed by atoms with E-state index in [4.69, 9.17) is 33.7 Å². The van der Waals surface area contributed by atoms with E-state index >= 15 is 0 Å². The van der Waals surface area contributed by atoms with Gasteiger partial charge in [0, 0.05) is 7.11 Å². The monoisotopic (exact) mass is 594 g/mol. The Bertz CT molecular complexity index is 1460. The molecule has 15 nitrogen and oxygen atoms in total. The number of hydrogen-bond acceptors (Lipinski definition) is 12. The Hall–Kier alpha value is -3.33. The summed E-state index contributed by atoms with van der Waals surface area (Å²) in [4.78, 5) is 35.6. The molecule has 1 saturated heterocycles. The largest absolute Gasteiger partial charge is 0.462 e. The minimum Gasteiger partial charge on any atom is -0.462 e. The summed E-state index contributed by atoms with van der Waals surface area (Å²) in [5, 5.41) is 2.64. The molecule has 1 aliphatic heterocycles. The van der Waals surface area contributed by atoms with E-state index in [0.29, 0.717) is 0 Å². The maximum atomic E-state index is 13.9. The molecule has 2 aromatic heterocycles. The number of nitrogens with one attached hydrogen (secondary N) is 2. The molecule has 5 atom stereocenters. The molecule has 3 aromatic rings. The van der Waals surface area contributed by atoms with Crippen molar-refractivity contribution in [2.45, 2.75) is 71.0 Å². The number of anilines is 1. The number of aromatic nitrogens is 4. The lowest BCUT2D eigenvalue weighted by Crippen LogP contribution is -2.40. The van der Waals surface area contributed by atoms with Crippen LogP contribution in [0.5, 0.6) is 5.75 Å². The third-order valence-electron chi connectivity index (χ3n) is 5.93. The van der Waals surface area contributed by atoms with E-state index in [1.807, 2.05) is 0 Å². The second kappa shape index (κ2) is 12.3. The maximum absolute atomic E-state index is 13.9. The summed E-state index contributed by atoms with van der Waals surface area (Å²) in [5.41, 5.74) is 5.49. The number of carbonyl (C=O) groups excluding carboxylic acids is 1. The van der Waals surface area contributed by atoms with Crippen LogP contribution in [0.3, 0.4) is 0 Å². The van der Waals surface area contributed by atoms with Crippen LogP contribution in [0.4, 0.5) is 5.95 Å². The average Bonchev–Trinajstić information content (AvgIpc) is 3.44. The van der Waals surface area contributed by atoms with Gasteiger partial charge in [0.15, 0.2) is 23.2 Å². The molecular formula is C25H35N6O9P. The molecule has 0 saturated carbocycles. The van der Waals surface area contributed by atoms with Crippen molar-refractivity contribution in [3.8, 4) is 5.75 Å². The number of para-hydroxylation sites is 1. The van der Waals surface area contributed by atoms with Crippen LogP contribution in [-0.4, -0.2) is 69.3 Å². The quantitative estimate of drug-likeness (QED) is 0.205. The van der Waals surface area contributed by atoms with Gasteiger partial charge in [-0.2, -0.15) is 10.1 Å². The van der Waals surface area contributed by atoms with Crippen molar-refractivity contribution in [2.75, 3.05) is 19.5 Å². The lowest BCUT2D eigenvalue weighted by Gasteiger charge is -2.28. The summed E-state index contributed by atoms with van der Waals surface area (Å²) in [6, 6.07) is 7.33. The first kappa shape index (κ1) is 30.6. The Morgan fingerprint density at radius 1 is 1.24 bits per heavy atom. The first-order valence-electron chi connectivity index (χ1n) is 12.9. The number of methoxy groups -OCH3 is 1. The highest BCUT2D eigenvalue weighted by atomic mass is 31.2. The van der Waals surface area contributed by atoms with Crippen molar-refractivity contribution in [2.24, 2.45) is 0 Å². The average molecular weight is 595 g/mol. The zero-order chi connectivity index (χ0) is 29.9. The minimum absolute atomic E-state index is 0.0590. The molecule has 41 heavy (non-hydrogen) atoms. The van der Waals surface area contributed by atoms with Crippen LogP contribution >= 0.6 is 7.75 Å². The molecule has 0 aliphatic carbocycles. The Kier molecular flexibility index (Phi) is 9.16. The van der Waals surface area contributed by atoms with Crippen molar-refractivity contribution in [1.29, 1.82) is 0 Å². The van der Waals surface area contributed by atoms with Crippen LogP contribution in [0.1, 0.15) is 40.8 Å². The van der Waals surface area contributed by atoms with Crippen LogP contribution < -0.4 is 20.9 Å². The second-order valence-electron chi connectivity index (χ2n) is 10.1. The van der Waals surface area contributed by atoms with Crippen LogP contribution in [0.15, 0.2) is 41.5 Å². The molecule has 0 amide bonds. The van der Waals surface area contributed by atoms with Gasteiger partial charge < -0.3 is 29.2 Å². The first-order valence-corrected chi connectivity index (χ1v) is 14.4. The van der Waals surface area contributed by atoms with Crippen molar-refractivity contribution in [3.63, 3.8) is 0 Å². The van der Waals surface area contributed by atoms with Gasteiger partial charge in [0.05, 0.1) is 19.0 Å². The minimum atomic E-state index is -4.19. The summed E-state index contributed by atoms with van der Waals surface area (Å²) >= 11 is 0. The number of carbonyl (C=O) groups is 1. The fourth-order valence-corrected chi connectivity index (χ4v) is 5.68. The highest BCUT2D eigenvalue weighted by Crippen LogP contribution is 2.46. The second-order valence-corrected chi connectivity index (χ2v) is 11.8. The molecule has 1 aromatic carbocycles. The maximum Gasteiger partial charge on any atom is 0.459 e. The van der Waals surface area contributed by atoms with Gasteiger partial charge in [-0.15, -0.1) is 0 Å². The normalized spacial score (nSPS) is 21.4. The molecule has 1 aliphatic rings. The van der Waals surface area contributed by atoms with E-state index in [9.17, 15) is 14.2 Å². The van der Waals surface area contributed by atoms with Gasteiger partial charge >= 0.3 is 13.7 Å². The van der Waals surface area contributed by atoms with E-state index in [0.717, 1.165) is 0 Å². The zero-order valence-corrected chi connectivity index (χ0v) is 24.5. The van der Waals surface area contributed by atoms with E-state index in [2.05, 4.69) is 20.0 Å².